The number of nitrogens with one attached hydrogen (secondary N) is 4. The lowest BCUT2D eigenvalue weighted by Gasteiger charge is -2.29. The Labute approximate surface area is 319 Å². The van der Waals surface area contributed by atoms with E-state index in [2.05, 4.69) is 21.3 Å². The van der Waals surface area contributed by atoms with Crippen molar-refractivity contribution in [1.82, 2.24) is 26.2 Å². The maximum atomic E-state index is 14.1. The van der Waals surface area contributed by atoms with E-state index in [1.807, 2.05) is 93.3 Å². The van der Waals surface area contributed by atoms with Crippen LogP contribution in [0.3, 0.4) is 0 Å². The van der Waals surface area contributed by atoms with Crippen LogP contribution in [0.1, 0.15) is 58.1 Å². The zero-order valence-corrected chi connectivity index (χ0v) is 32.4. The summed E-state index contributed by atoms with van der Waals surface area (Å²) in [6.45, 7) is 10.5. The fourth-order valence-corrected chi connectivity index (χ4v) is 6.64. The smallest absolute Gasteiger partial charge is 0.243 e. The van der Waals surface area contributed by atoms with Gasteiger partial charge < -0.3 is 35.5 Å². The summed E-state index contributed by atoms with van der Waals surface area (Å²) in [5, 5.41) is 11.7. The van der Waals surface area contributed by atoms with Gasteiger partial charge in [0.05, 0.1) is 39.0 Å². The summed E-state index contributed by atoms with van der Waals surface area (Å²) in [5.41, 5.74) is 0.722. The Bertz CT molecular complexity index is 1510. The quantitative estimate of drug-likeness (QED) is 0.132. The van der Waals surface area contributed by atoms with Gasteiger partial charge in [0.2, 0.25) is 23.6 Å². The molecule has 296 valence electrons. The number of rotatable bonds is 22. The van der Waals surface area contributed by atoms with E-state index in [0.29, 0.717) is 45.6 Å². The number of ketones is 1. The van der Waals surface area contributed by atoms with Crippen molar-refractivity contribution in [1.29, 1.82) is 0 Å². The number of aryl methyl sites for hydroxylation is 1. The molecule has 2 aromatic rings. The second kappa shape index (κ2) is 21.1. The molecule has 0 bridgehead atoms. The first-order valence-corrected chi connectivity index (χ1v) is 19.1. The fraction of sp³-hybridized carbons (Fsp3) is 0.585. The molecule has 0 unspecified atom stereocenters. The summed E-state index contributed by atoms with van der Waals surface area (Å²) in [6, 6.07) is 15.1. The standard InChI is InChI=1S/C41H59N5O8/c1-28(2)22-33(37(48)41(26-52-5)27-54-41)43-40(51)35(24-31-14-10-7-11-15-31)45-39(50)34(23-29(3)4)44-38(49)32(17-16-30-12-8-6-9-13-30)42-36(47)25-46-18-20-53-21-19-46/h6-15,28-29,32-35H,16-27H2,1-5H3,(H,42,47)(H,43,51)(H,44,49)(H,45,50)/t32-,33-,34-,35-,41+/m0/s1. The normalized spacial score (nSPS) is 19.3. The molecule has 54 heavy (non-hydrogen) atoms. The average molecular weight is 750 g/mol. The Kier molecular flexibility index (Phi) is 16.6. The van der Waals surface area contributed by atoms with E-state index >= 15 is 0 Å². The highest BCUT2D eigenvalue weighted by Crippen LogP contribution is 2.31. The second-order valence-corrected chi connectivity index (χ2v) is 15.2. The van der Waals surface area contributed by atoms with Gasteiger partial charge in [0.25, 0.3) is 0 Å². The van der Waals surface area contributed by atoms with Crippen LogP contribution in [0, 0.1) is 11.8 Å². The number of hydrogen-bond donors (Lipinski definition) is 4. The van der Waals surface area contributed by atoms with Gasteiger partial charge in [-0.15, -0.1) is 0 Å². The Hall–Kier alpha value is -4.17. The summed E-state index contributed by atoms with van der Waals surface area (Å²) < 4.78 is 16.2. The number of ether oxygens (including phenoxy) is 3. The SMILES string of the molecule is COC[C@]1(C(=O)[C@H](CC(C)C)NC(=O)[C@H](Cc2ccccc2)NC(=O)[C@H](CC(C)C)NC(=O)[C@H](CCc2ccccc2)NC(=O)CN2CCOCC2)CO1. The molecule has 4 N–H and O–H groups in total. The first-order chi connectivity index (χ1) is 25.9. The predicted molar refractivity (Wildman–Crippen MR) is 204 cm³/mol. The first-order valence-electron chi connectivity index (χ1n) is 19.1. The van der Waals surface area contributed by atoms with Crippen molar-refractivity contribution in [3.8, 4) is 0 Å². The number of epoxide rings is 1. The molecule has 0 aliphatic carbocycles. The van der Waals surface area contributed by atoms with E-state index < -0.39 is 47.5 Å². The number of benzene rings is 2. The number of amides is 4. The predicted octanol–water partition coefficient (Wildman–Crippen LogP) is 2.21. The van der Waals surface area contributed by atoms with Crippen LogP contribution in [0.25, 0.3) is 0 Å². The first kappa shape index (κ1) is 42.6. The van der Waals surface area contributed by atoms with Gasteiger partial charge in [-0.1, -0.05) is 88.4 Å². The van der Waals surface area contributed by atoms with Crippen molar-refractivity contribution in [2.24, 2.45) is 11.8 Å². The highest BCUT2D eigenvalue weighted by Gasteiger charge is 2.54. The van der Waals surface area contributed by atoms with E-state index in [1.54, 1.807) is 0 Å². The van der Waals surface area contributed by atoms with Gasteiger partial charge in [-0.25, -0.2) is 0 Å². The number of nitrogens with zero attached hydrogens (tertiary/aromatic N) is 1. The Morgan fingerprint density at radius 1 is 0.722 bits per heavy atom. The van der Waals surface area contributed by atoms with Crippen LogP contribution in [-0.2, 0) is 51.0 Å². The minimum Gasteiger partial charge on any atom is -0.381 e. The number of carbonyl (C=O) groups excluding carboxylic acids is 5. The van der Waals surface area contributed by atoms with Gasteiger partial charge in [0.1, 0.15) is 18.1 Å². The minimum atomic E-state index is -1.10. The van der Waals surface area contributed by atoms with Crippen LogP contribution in [0.15, 0.2) is 60.7 Å². The molecule has 2 aromatic carbocycles. The topological polar surface area (TPSA) is 168 Å². The number of hydrogen-bond acceptors (Lipinski definition) is 9. The molecule has 0 spiro atoms. The zero-order chi connectivity index (χ0) is 39.1. The van der Waals surface area contributed by atoms with Crippen LogP contribution in [0.5, 0.6) is 0 Å². The number of carbonyl (C=O) groups is 5. The van der Waals surface area contributed by atoms with Crippen molar-refractivity contribution in [3.63, 3.8) is 0 Å². The maximum absolute atomic E-state index is 14.1. The molecule has 2 aliphatic heterocycles. The summed E-state index contributed by atoms with van der Waals surface area (Å²) in [7, 11) is 1.50. The molecule has 13 heteroatoms. The van der Waals surface area contributed by atoms with Crippen molar-refractivity contribution in [2.75, 3.05) is 53.2 Å². The molecule has 0 saturated carbocycles. The monoisotopic (exact) mass is 749 g/mol. The molecular formula is C41H59N5O8. The molecule has 2 aliphatic rings. The molecule has 0 aromatic heterocycles. The van der Waals surface area contributed by atoms with Gasteiger partial charge in [0.15, 0.2) is 11.4 Å². The Morgan fingerprint density at radius 2 is 1.24 bits per heavy atom. The highest BCUT2D eigenvalue weighted by atomic mass is 16.6. The van der Waals surface area contributed by atoms with Crippen LogP contribution < -0.4 is 21.3 Å². The van der Waals surface area contributed by atoms with Crippen LogP contribution >= 0.6 is 0 Å². The number of Topliss-reactive ketones (excluding diaryl/α,β-unsaturated/α-hetero) is 1. The highest BCUT2D eigenvalue weighted by molar-refractivity contribution is 5.99. The van der Waals surface area contributed by atoms with Crippen molar-refractivity contribution in [3.05, 3.63) is 71.8 Å². The molecule has 5 atom stereocenters. The zero-order valence-electron chi connectivity index (χ0n) is 32.4. The lowest BCUT2D eigenvalue weighted by molar-refractivity contribution is -0.136. The lowest BCUT2D eigenvalue weighted by atomic mass is 9.92. The molecule has 2 saturated heterocycles. The largest absolute Gasteiger partial charge is 0.381 e. The van der Waals surface area contributed by atoms with E-state index in [4.69, 9.17) is 14.2 Å². The van der Waals surface area contributed by atoms with Crippen LogP contribution in [-0.4, -0.2) is 117 Å². The van der Waals surface area contributed by atoms with Crippen molar-refractivity contribution >= 4 is 29.4 Å². The van der Waals surface area contributed by atoms with E-state index in [-0.39, 0.29) is 56.1 Å². The Morgan fingerprint density at radius 3 is 1.81 bits per heavy atom. The van der Waals surface area contributed by atoms with Crippen molar-refractivity contribution in [2.45, 2.75) is 89.6 Å². The molecule has 4 rings (SSSR count). The second-order valence-electron chi connectivity index (χ2n) is 15.2. The third-order valence-corrected chi connectivity index (χ3v) is 9.60. The lowest BCUT2D eigenvalue weighted by Crippen LogP contribution is -2.59. The average Bonchev–Trinajstić information content (AvgIpc) is 3.93. The van der Waals surface area contributed by atoms with Crippen molar-refractivity contribution < 1.29 is 38.2 Å². The third-order valence-electron chi connectivity index (χ3n) is 9.60. The number of methoxy groups -OCH3 is 1. The van der Waals surface area contributed by atoms with Crippen LogP contribution in [0.4, 0.5) is 0 Å². The van der Waals surface area contributed by atoms with E-state index in [0.717, 1.165) is 11.1 Å². The Balaban J connectivity index is 1.52. The summed E-state index contributed by atoms with van der Waals surface area (Å²) in [5.74, 6) is -2.02. The minimum absolute atomic E-state index is 0.00434. The van der Waals surface area contributed by atoms with Gasteiger partial charge in [-0.3, -0.25) is 28.9 Å². The van der Waals surface area contributed by atoms with Gasteiger partial charge in [0, 0.05) is 26.6 Å². The molecule has 13 nitrogen and oxygen atoms in total. The van der Waals surface area contributed by atoms with Gasteiger partial charge in [-0.2, -0.15) is 0 Å². The van der Waals surface area contributed by atoms with Gasteiger partial charge >= 0.3 is 0 Å². The van der Waals surface area contributed by atoms with Gasteiger partial charge in [-0.05, 0) is 48.6 Å². The third kappa shape index (κ3) is 13.6. The molecule has 4 amide bonds. The van der Waals surface area contributed by atoms with E-state index in [9.17, 15) is 24.0 Å². The summed E-state index contributed by atoms with van der Waals surface area (Å²) in [4.78, 5) is 71.0. The molecule has 2 fully saturated rings. The molecular weight excluding hydrogens is 690 g/mol. The molecule has 0 radical (unpaired) electrons. The summed E-state index contributed by atoms with van der Waals surface area (Å²) in [6.07, 6.45) is 1.67. The fourth-order valence-electron chi connectivity index (χ4n) is 6.64. The molecule has 2 heterocycles. The van der Waals surface area contributed by atoms with Crippen LogP contribution in [0.2, 0.25) is 0 Å². The number of morpholine rings is 1. The van der Waals surface area contributed by atoms with E-state index in [1.165, 1.54) is 7.11 Å². The summed E-state index contributed by atoms with van der Waals surface area (Å²) >= 11 is 0. The maximum Gasteiger partial charge on any atom is 0.243 e.